The van der Waals surface area contributed by atoms with Crippen LogP contribution in [-0.2, 0) is 0 Å². The van der Waals surface area contributed by atoms with Crippen molar-refractivity contribution in [3.8, 4) is 11.4 Å². The number of benzene rings is 7. The molecule has 0 saturated carbocycles. The predicted octanol–water partition coefficient (Wildman–Crippen LogP) is 3.30. The Hall–Kier alpha value is -5.67. The fourth-order valence-electron chi connectivity index (χ4n) is 11.0. The molecule has 222 valence electrons. The summed E-state index contributed by atoms with van der Waals surface area (Å²) in [6, 6.07) is 49.2. The molecule has 2 aromatic heterocycles. The first-order valence-corrected chi connectivity index (χ1v) is 17.6. The highest BCUT2D eigenvalue weighted by Crippen LogP contribution is 2.39. The SMILES string of the molecule is Cc1ccccc1B1c2cc3c4c5c2-n2c6c1cccc6c1cccc(c12)B5c1cccc2c5cccc(c5n-4c12)B3c1ccccc1C. The standard InChI is InChI=1S/C44H27B3N2/c1-24-11-3-5-17-30(24)45-32-19-7-13-26-28-15-9-21-34-41(28)48(39(26)32)43-36(45)23-37-44-38(43)47(34)35-22-10-16-29-27-14-8-20-33(40(27)49(44)42(29)35)46(37)31-18-6-4-12-25(31)2/h3-23H,1-2H3. The van der Waals surface area contributed by atoms with E-state index in [1.54, 1.807) is 0 Å². The summed E-state index contributed by atoms with van der Waals surface area (Å²) in [5.41, 5.74) is 24.0. The second kappa shape index (κ2) is 8.30. The summed E-state index contributed by atoms with van der Waals surface area (Å²) in [7, 11) is 0. The highest BCUT2D eigenvalue weighted by molar-refractivity contribution is 7.06. The minimum Gasteiger partial charge on any atom is -0.311 e. The van der Waals surface area contributed by atoms with Gasteiger partial charge in [0.25, 0.3) is 6.71 Å². The average Bonchev–Trinajstić information content (AvgIpc) is 3.66. The zero-order valence-electron chi connectivity index (χ0n) is 27.3. The Morgan fingerprint density at radius 3 is 1.08 bits per heavy atom. The van der Waals surface area contributed by atoms with Crippen molar-refractivity contribution < 1.29 is 0 Å². The van der Waals surface area contributed by atoms with E-state index in [4.69, 9.17) is 0 Å². The van der Waals surface area contributed by atoms with Gasteiger partial charge in [0.1, 0.15) is 0 Å². The van der Waals surface area contributed by atoms with Crippen molar-refractivity contribution in [2.45, 2.75) is 13.8 Å². The van der Waals surface area contributed by atoms with Crippen LogP contribution in [0, 0.1) is 13.8 Å². The van der Waals surface area contributed by atoms with Crippen LogP contribution in [0.4, 0.5) is 0 Å². The normalized spacial score (nSPS) is 14.2. The summed E-state index contributed by atoms with van der Waals surface area (Å²) in [5, 5.41) is 5.47. The number of nitrogens with zero attached hydrogens (tertiary/aromatic N) is 2. The minimum absolute atomic E-state index is 0.136. The molecule has 9 aromatic rings. The number of aromatic nitrogens is 2. The molecule has 0 N–H and O–H groups in total. The Balaban J connectivity index is 1.33. The summed E-state index contributed by atoms with van der Waals surface area (Å²) in [5.74, 6) is 0. The third-order valence-corrected chi connectivity index (χ3v) is 12.7. The minimum atomic E-state index is 0.136. The summed E-state index contributed by atoms with van der Waals surface area (Å²) in [4.78, 5) is 0. The first kappa shape index (κ1) is 25.4. The van der Waals surface area contributed by atoms with E-state index >= 15 is 0 Å². The number of hydrogen-bond acceptors (Lipinski definition) is 0. The van der Waals surface area contributed by atoms with Gasteiger partial charge in [-0.2, -0.15) is 0 Å². The highest BCUT2D eigenvalue weighted by Gasteiger charge is 2.49. The molecule has 4 aliphatic heterocycles. The van der Waals surface area contributed by atoms with Gasteiger partial charge in [-0.1, -0.05) is 149 Å². The van der Waals surface area contributed by atoms with E-state index < -0.39 is 0 Å². The Bertz CT molecular complexity index is 2850. The molecule has 4 aliphatic rings. The van der Waals surface area contributed by atoms with Gasteiger partial charge in [0.05, 0.1) is 0 Å². The van der Waals surface area contributed by atoms with Crippen molar-refractivity contribution in [1.82, 2.24) is 9.13 Å². The van der Waals surface area contributed by atoms with Crippen molar-refractivity contribution in [2.75, 3.05) is 0 Å². The van der Waals surface area contributed by atoms with Crippen molar-refractivity contribution in [3.05, 3.63) is 139 Å². The Morgan fingerprint density at radius 1 is 0.347 bits per heavy atom. The van der Waals surface area contributed by atoms with E-state index in [1.165, 1.54) is 115 Å². The molecule has 0 fully saturated rings. The van der Waals surface area contributed by atoms with E-state index in [9.17, 15) is 0 Å². The number of hydrogen-bond donors (Lipinski definition) is 0. The van der Waals surface area contributed by atoms with Crippen LogP contribution in [0.2, 0.25) is 0 Å². The second-order valence-corrected chi connectivity index (χ2v) is 14.8. The summed E-state index contributed by atoms with van der Waals surface area (Å²) in [6.07, 6.45) is 0. The maximum atomic E-state index is 2.70. The van der Waals surface area contributed by atoms with Crippen LogP contribution in [0.1, 0.15) is 11.1 Å². The molecule has 0 spiro atoms. The van der Waals surface area contributed by atoms with E-state index in [0.29, 0.717) is 0 Å². The Kier molecular flexibility index (Phi) is 4.30. The van der Waals surface area contributed by atoms with Crippen LogP contribution in [-0.4, -0.2) is 29.3 Å². The van der Waals surface area contributed by atoms with Gasteiger partial charge < -0.3 is 9.13 Å². The van der Waals surface area contributed by atoms with Gasteiger partial charge in [0.2, 0.25) is 13.4 Å². The van der Waals surface area contributed by atoms with Gasteiger partial charge in [-0.25, -0.2) is 0 Å². The van der Waals surface area contributed by atoms with Crippen molar-refractivity contribution in [1.29, 1.82) is 0 Å². The zero-order chi connectivity index (χ0) is 31.9. The quantitative estimate of drug-likeness (QED) is 0.264. The van der Waals surface area contributed by atoms with Gasteiger partial charge in [-0.3, -0.25) is 0 Å². The molecular weight excluding hydrogens is 589 g/mol. The van der Waals surface area contributed by atoms with Crippen LogP contribution >= 0.6 is 0 Å². The summed E-state index contributed by atoms with van der Waals surface area (Å²) >= 11 is 0. The van der Waals surface area contributed by atoms with Gasteiger partial charge >= 0.3 is 0 Å². The molecule has 6 heterocycles. The molecule has 0 unspecified atom stereocenters. The fourth-order valence-corrected chi connectivity index (χ4v) is 11.0. The Labute approximate surface area is 284 Å². The van der Waals surface area contributed by atoms with Gasteiger partial charge in [0.15, 0.2) is 0 Å². The lowest BCUT2D eigenvalue weighted by atomic mass is 9.27. The maximum absolute atomic E-state index is 2.70. The molecule has 0 atom stereocenters. The third kappa shape index (κ3) is 2.68. The first-order chi connectivity index (χ1) is 24.2. The van der Waals surface area contributed by atoms with Crippen LogP contribution in [0.25, 0.3) is 55.0 Å². The molecule has 0 radical (unpaired) electrons. The van der Waals surface area contributed by atoms with Crippen molar-refractivity contribution in [3.63, 3.8) is 0 Å². The molecule has 0 bridgehead atoms. The summed E-state index contributed by atoms with van der Waals surface area (Å²) < 4.78 is 5.39. The molecule has 0 saturated heterocycles. The topological polar surface area (TPSA) is 9.86 Å². The van der Waals surface area contributed by atoms with E-state index in [-0.39, 0.29) is 20.1 Å². The Morgan fingerprint density at radius 2 is 0.694 bits per heavy atom. The monoisotopic (exact) mass is 616 g/mol. The predicted molar refractivity (Wildman–Crippen MR) is 211 cm³/mol. The van der Waals surface area contributed by atoms with Gasteiger partial charge in [0, 0.05) is 55.0 Å². The van der Waals surface area contributed by atoms with Crippen LogP contribution in [0.5, 0.6) is 0 Å². The smallest absolute Gasteiger partial charge is 0.252 e. The molecule has 0 aliphatic carbocycles. The summed E-state index contributed by atoms with van der Waals surface area (Å²) in [6.45, 7) is 5.02. The van der Waals surface area contributed by atoms with E-state index in [1.807, 2.05) is 0 Å². The molecule has 2 nitrogen and oxygen atoms in total. The largest absolute Gasteiger partial charge is 0.311 e. The number of aryl methyl sites for hydroxylation is 2. The fraction of sp³-hybridized carbons (Fsp3) is 0.0455. The van der Waals surface area contributed by atoms with Crippen LogP contribution in [0.15, 0.2) is 127 Å². The van der Waals surface area contributed by atoms with Gasteiger partial charge in [-0.05, 0) is 52.1 Å². The van der Waals surface area contributed by atoms with E-state index in [2.05, 4.69) is 150 Å². The molecular formula is C44H27B3N2. The zero-order valence-corrected chi connectivity index (χ0v) is 27.3. The number of rotatable bonds is 2. The average molecular weight is 616 g/mol. The second-order valence-electron chi connectivity index (χ2n) is 14.8. The van der Waals surface area contributed by atoms with Crippen LogP contribution < -0.4 is 49.2 Å². The molecule has 5 heteroatoms. The van der Waals surface area contributed by atoms with Gasteiger partial charge in [-0.15, -0.1) is 0 Å². The highest BCUT2D eigenvalue weighted by atomic mass is 15.0. The third-order valence-electron chi connectivity index (χ3n) is 12.7. The first-order valence-electron chi connectivity index (χ1n) is 17.6. The molecule has 13 rings (SSSR count). The van der Waals surface area contributed by atoms with Crippen LogP contribution in [0.3, 0.4) is 0 Å². The lowest BCUT2D eigenvalue weighted by molar-refractivity contribution is 1.15. The lowest BCUT2D eigenvalue weighted by Crippen LogP contribution is -2.69. The molecule has 0 amide bonds. The van der Waals surface area contributed by atoms with Crippen molar-refractivity contribution >= 4 is 113 Å². The number of fused-ring (bicyclic) bond motifs is 4. The molecule has 7 aromatic carbocycles. The number of para-hydroxylation sites is 4. The van der Waals surface area contributed by atoms with Crippen molar-refractivity contribution in [2.24, 2.45) is 0 Å². The maximum Gasteiger partial charge on any atom is 0.252 e. The van der Waals surface area contributed by atoms with E-state index in [0.717, 1.165) is 0 Å². The molecule has 49 heavy (non-hydrogen) atoms. The lowest BCUT2D eigenvalue weighted by Gasteiger charge is -2.41.